The summed E-state index contributed by atoms with van der Waals surface area (Å²) in [5.74, 6) is -0.474. The Hall–Kier alpha value is -2.04. The predicted octanol–water partition coefficient (Wildman–Crippen LogP) is 0.824. The molecule has 0 aromatic heterocycles. The van der Waals surface area contributed by atoms with Crippen molar-refractivity contribution < 1.29 is 19.4 Å². The molecule has 2 rings (SSSR count). The van der Waals surface area contributed by atoms with E-state index in [1.54, 1.807) is 12.1 Å². The molecule has 1 unspecified atom stereocenters. The standard InChI is InChI=1S/C12H13NO4/c1-7(14)13-6-10-4-8-2-3-9(12(15)16)5-11(8)17-10/h2-3,5,10H,4,6H2,1H3,(H,13,14)(H,15,16). The van der Waals surface area contributed by atoms with Crippen molar-refractivity contribution in [3.63, 3.8) is 0 Å². The minimum atomic E-state index is -0.971. The van der Waals surface area contributed by atoms with Crippen molar-refractivity contribution in [2.75, 3.05) is 6.54 Å². The Morgan fingerprint density at radius 1 is 1.53 bits per heavy atom. The average Bonchev–Trinajstić information content (AvgIpc) is 2.67. The highest BCUT2D eigenvalue weighted by Gasteiger charge is 2.23. The molecule has 5 nitrogen and oxygen atoms in total. The molecule has 0 radical (unpaired) electrons. The summed E-state index contributed by atoms with van der Waals surface area (Å²) in [6, 6.07) is 4.84. The molecule has 1 aliphatic heterocycles. The predicted molar refractivity (Wildman–Crippen MR) is 60.2 cm³/mol. The van der Waals surface area contributed by atoms with Crippen LogP contribution in [0.15, 0.2) is 18.2 Å². The van der Waals surface area contributed by atoms with Gasteiger partial charge in [0, 0.05) is 13.3 Å². The number of carboxylic acids is 1. The lowest BCUT2D eigenvalue weighted by atomic mass is 10.1. The average molecular weight is 235 g/mol. The van der Waals surface area contributed by atoms with Crippen molar-refractivity contribution in [1.29, 1.82) is 0 Å². The van der Waals surface area contributed by atoms with Gasteiger partial charge in [-0.2, -0.15) is 0 Å². The largest absolute Gasteiger partial charge is 0.488 e. The normalized spacial score (nSPS) is 17.1. The lowest BCUT2D eigenvalue weighted by Crippen LogP contribution is -2.32. The third kappa shape index (κ3) is 2.55. The van der Waals surface area contributed by atoms with E-state index in [4.69, 9.17) is 9.84 Å². The number of fused-ring (bicyclic) bond motifs is 1. The first-order valence-electron chi connectivity index (χ1n) is 5.33. The molecular weight excluding hydrogens is 222 g/mol. The van der Waals surface area contributed by atoms with Crippen LogP contribution in [0.1, 0.15) is 22.8 Å². The number of carbonyl (C=O) groups excluding carboxylic acids is 1. The molecule has 1 atom stereocenters. The van der Waals surface area contributed by atoms with Gasteiger partial charge in [0.2, 0.25) is 5.91 Å². The molecule has 90 valence electrons. The summed E-state index contributed by atoms with van der Waals surface area (Å²) >= 11 is 0. The molecule has 0 saturated carbocycles. The van der Waals surface area contributed by atoms with Gasteiger partial charge in [-0.1, -0.05) is 6.07 Å². The summed E-state index contributed by atoms with van der Waals surface area (Å²) in [6.07, 6.45) is 0.577. The summed E-state index contributed by atoms with van der Waals surface area (Å²) in [5.41, 5.74) is 1.19. The van der Waals surface area contributed by atoms with Crippen molar-refractivity contribution in [2.45, 2.75) is 19.4 Å². The van der Waals surface area contributed by atoms with E-state index < -0.39 is 5.97 Å². The second-order valence-electron chi connectivity index (χ2n) is 4.01. The molecule has 0 saturated heterocycles. The van der Waals surface area contributed by atoms with E-state index in [2.05, 4.69) is 5.32 Å². The number of aromatic carboxylic acids is 1. The van der Waals surface area contributed by atoms with E-state index in [1.165, 1.54) is 13.0 Å². The lowest BCUT2D eigenvalue weighted by molar-refractivity contribution is -0.119. The highest BCUT2D eigenvalue weighted by molar-refractivity contribution is 5.88. The summed E-state index contributed by atoms with van der Waals surface area (Å²) in [7, 11) is 0. The minimum Gasteiger partial charge on any atom is -0.488 e. The lowest BCUT2D eigenvalue weighted by Gasteiger charge is -2.10. The van der Waals surface area contributed by atoms with Crippen LogP contribution in [0.4, 0.5) is 0 Å². The van der Waals surface area contributed by atoms with E-state index in [-0.39, 0.29) is 17.6 Å². The molecule has 0 aliphatic carbocycles. The number of ether oxygens (including phenoxy) is 1. The van der Waals surface area contributed by atoms with Crippen LogP contribution in [-0.4, -0.2) is 29.6 Å². The Kier molecular flexibility index (Phi) is 2.99. The molecule has 1 aliphatic rings. The second-order valence-corrected chi connectivity index (χ2v) is 4.01. The zero-order valence-corrected chi connectivity index (χ0v) is 9.40. The van der Waals surface area contributed by atoms with Gasteiger partial charge in [0.05, 0.1) is 12.1 Å². The van der Waals surface area contributed by atoms with Crippen molar-refractivity contribution in [1.82, 2.24) is 5.32 Å². The quantitative estimate of drug-likeness (QED) is 0.813. The number of carboxylic acid groups (broad SMARTS) is 1. The van der Waals surface area contributed by atoms with Gasteiger partial charge in [0.25, 0.3) is 0 Å². The van der Waals surface area contributed by atoms with Gasteiger partial charge in [0.1, 0.15) is 11.9 Å². The van der Waals surface area contributed by atoms with Gasteiger partial charge in [-0.3, -0.25) is 4.79 Å². The number of hydrogen-bond donors (Lipinski definition) is 2. The maximum atomic E-state index is 10.8. The second kappa shape index (κ2) is 4.45. The fraction of sp³-hybridized carbons (Fsp3) is 0.333. The Balaban J connectivity index is 2.06. The monoisotopic (exact) mass is 235 g/mol. The Morgan fingerprint density at radius 2 is 2.29 bits per heavy atom. The summed E-state index contributed by atoms with van der Waals surface area (Å²) < 4.78 is 5.57. The molecule has 5 heteroatoms. The SMILES string of the molecule is CC(=O)NCC1Cc2ccc(C(=O)O)cc2O1. The number of hydrogen-bond acceptors (Lipinski definition) is 3. The summed E-state index contributed by atoms with van der Waals surface area (Å²) in [6.45, 7) is 1.89. The molecule has 1 aromatic rings. The fourth-order valence-electron chi connectivity index (χ4n) is 1.80. The topological polar surface area (TPSA) is 75.6 Å². The number of benzene rings is 1. The number of rotatable bonds is 3. The number of nitrogens with one attached hydrogen (secondary N) is 1. The fourth-order valence-corrected chi connectivity index (χ4v) is 1.80. The van der Waals surface area contributed by atoms with Crippen molar-refractivity contribution >= 4 is 11.9 Å². The highest BCUT2D eigenvalue weighted by atomic mass is 16.5. The van der Waals surface area contributed by atoms with Crippen LogP contribution in [0.3, 0.4) is 0 Å². The Labute approximate surface area is 98.4 Å². The summed E-state index contributed by atoms with van der Waals surface area (Å²) in [4.78, 5) is 21.6. The maximum absolute atomic E-state index is 10.8. The third-order valence-corrected chi connectivity index (χ3v) is 2.63. The first-order valence-corrected chi connectivity index (χ1v) is 5.33. The Bertz CT molecular complexity index is 470. The van der Waals surface area contributed by atoms with Crippen LogP contribution >= 0.6 is 0 Å². The molecule has 1 heterocycles. The highest BCUT2D eigenvalue weighted by Crippen LogP contribution is 2.29. The van der Waals surface area contributed by atoms with Gasteiger partial charge >= 0.3 is 5.97 Å². The van der Waals surface area contributed by atoms with Gasteiger partial charge in [-0.25, -0.2) is 4.79 Å². The van der Waals surface area contributed by atoms with E-state index in [9.17, 15) is 9.59 Å². The van der Waals surface area contributed by atoms with Crippen molar-refractivity contribution in [2.24, 2.45) is 0 Å². The molecule has 17 heavy (non-hydrogen) atoms. The molecular formula is C12H13NO4. The molecule has 1 amide bonds. The van der Waals surface area contributed by atoms with Crippen molar-refractivity contribution in [3.8, 4) is 5.75 Å². The van der Waals surface area contributed by atoms with Crippen LogP contribution in [-0.2, 0) is 11.2 Å². The molecule has 2 N–H and O–H groups in total. The van der Waals surface area contributed by atoms with Crippen LogP contribution in [0.5, 0.6) is 5.75 Å². The van der Waals surface area contributed by atoms with E-state index >= 15 is 0 Å². The van der Waals surface area contributed by atoms with Gasteiger partial charge < -0.3 is 15.2 Å². The van der Waals surface area contributed by atoms with Crippen LogP contribution in [0.25, 0.3) is 0 Å². The maximum Gasteiger partial charge on any atom is 0.335 e. The van der Waals surface area contributed by atoms with Crippen LogP contribution in [0.2, 0.25) is 0 Å². The smallest absolute Gasteiger partial charge is 0.335 e. The molecule has 0 bridgehead atoms. The zero-order chi connectivity index (χ0) is 12.4. The molecule has 0 spiro atoms. The number of amides is 1. The van der Waals surface area contributed by atoms with Crippen LogP contribution in [0, 0.1) is 0 Å². The zero-order valence-electron chi connectivity index (χ0n) is 9.40. The first-order chi connectivity index (χ1) is 8.06. The van der Waals surface area contributed by atoms with E-state index in [0.29, 0.717) is 18.7 Å². The molecule has 0 fully saturated rings. The first kappa shape index (κ1) is 11.4. The van der Waals surface area contributed by atoms with Crippen LogP contribution < -0.4 is 10.1 Å². The number of carbonyl (C=O) groups is 2. The van der Waals surface area contributed by atoms with Crippen molar-refractivity contribution in [3.05, 3.63) is 29.3 Å². The third-order valence-electron chi connectivity index (χ3n) is 2.63. The molecule has 1 aromatic carbocycles. The van der Waals surface area contributed by atoms with Gasteiger partial charge in [-0.15, -0.1) is 0 Å². The van der Waals surface area contributed by atoms with E-state index in [0.717, 1.165) is 5.56 Å². The minimum absolute atomic E-state index is 0.101. The van der Waals surface area contributed by atoms with E-state index in [1.807, 2.05) is 0 Å². The van der Waals surface area contributed by atoms with Gasteiger partial charge in [-0.05, 0) is 17.7 Å². The Morgan fingerprint density at radius 3 is 2.94 bits per heavy atom. The summed E-state index contributed by atoms with van der Waals surface area (Å²) in [5, 5.41) is 11.5. The van der Waals surface area contributed by atoms with Gasteiger partial charge in [0.15, 0.2) is 0 Å².